The summed E-state index contributed by atoms with van der Waals surface area (Å²) >= 11 is 5.82. The molecule has 1 aliphatic rings. The van der Waals surface area contributed by atoms with E-state index in [4.69, 9.17) is 22.1 Å². The zero-order chi connectivity index (χ0) is 11.5. The van der Waals surface area contributed by atoms with Gasteiger partial charge in [0.15, 0.2) is 0 Å². The Morgan fingerprint density at radius 3 is 3.06 bits per heavy atom. The molecule has 1 aliphatic heterocycles. The lowest BCUT2D eigenvalue weighted by molar-refractivity contribution is 0.0115. The highest BCUT2D eigenvalue weighted by Crippen LogP contribution is 2.23. The molecule has 1 fully saturated rings. The number of hydrogen-bond donors (Lipinski definition) is 2. The minimum Gasteiger partial charge on any atom is -0.374 e. The third-order valence-corrected chi connectivity index (χ3v) is 2.91. The van der Waals surface area contributed by atoms with Gasteiger partial charge in [0, 0.05) is 23.7 Å². The van der Waals surface area contributed by atoms with E-state index in [2.05, 4.69) is 5.32 Å². The van der Waals surface area contributed by atoms with Crippen molar-refractivity contribution in [2.24, 2.45) is 5.73 Å². The van der Waals surface area contributed by atoms with E-state index in [1.807, 2.05) is 0 Å². The summed E-state index contributed by atoms with van der Waals surface area (Å²) in [6, 6.07) is 3.90. The number of ether oxygens (including phenoxy) is 1. The van der Waals surface area contributed by atoms with Gasteiger partial charge in [-0.2, -0.15) is 0 Å². The maximum atomic E-state index is 13.6. The van der Waals surface area contributed by atoms with Gasteiger partial charge in [0.05, 0.1) is 18.8 Å². The number of nitrogens with one attached hydrogen (secondary N) is 1. The van der Waals surface area contributed by atoms with Gasteiger partial charge in [-0.1, -0.05) is 11.6 Å². The Morgan fingerprint density at radius 2 is 2.38 bits per heavy atom. The van der Waals surface area contributed by atoms with Crippen LogP contribution in [0, 0.1) is 5.82 Å². The van der Waals surface area contributed by atoms with Crippen LogP contribution in [0.25, 0.3) is 0 Å². The molecule has 0 aliphatic carbocycles. The van der Waals surface area contributed by atoms with Gasteiger partial charge in [0.1, 0.15) is 5.82 Å². The SMILES string of the molecule is NC(c1cc(Cl)ccc1F)C1CNCCO1. The maximum Gasteiger partial charge on any atom is 0.128 e. The number of hydrogen-bond acceptors (Lipinski definition) is 3. The van der Waals surface area contributed by atoms with Crippen molar-refractivity contribution < 1.29 is 9.13 Å². The van der Waals surface area contributed by atoms with Crippen LogP contribution in [0.4, 0.5) is 4.39 Å². The van der Waals surface area contributed by atoms with Crippen molar-refractivity contribution in [1.29, 1.82) is 0 Å². The van der Waals surface area contributed by atoms with E-state index in [9.17, 15) is 4.39 Å². The van der Waals surface area contributed by atoms with Crippen molar-refractivity contribution in [3.63, 3.8) is 0 Å². The number of morpholine rings is 1. The van der Waals surface area contributed by atoms with E-state index in [-0.39, 0.29) is 11.9 Å². The highest BCUT2D eigenvalue weighted by Gasteiger charge is 2.24. The minimum atomic E-state index is -0.494. The van der Waals surface area contributed by atoms with Crippen molar-refractivity contribution in [3.05, 3.63) is 34.6 Å². The van der Waals surface area contributed by atoms with Crippen LogP contribution in [0.3, 0.4) is 0 Å². The first-order chi connectivity index (χ1) is 7.68. The van der Waals surface area contributed by atoms with Gasteiger partial charge in [0.2, 0.25) is 0 Å². The van der Waals surface area contributed by atoms with Crippen molar-refractivity contribution in [2.75, 3.05) is 19.7 Å². The smallest absolute Gasteiger partial charge is 0.128 e. The molecule has 2 atom stereocenters. The van der Waals surface area contributed by atoms with E-state index >= 15 is 0 Å². The molecule has 1 heterocycles. The Morgan fingerprint density at radius 1 is 1.56 bits per heavy atom. The third-order valence-electron chi connectivity index (χ3n) is 2.67. The Bertz CT molecular complexity index is 369. The molecule has 3 nitrogen and oxygen atoms in total. The number of rotatable bonds is 2. The van der Waals surface area contributed by atoms with Crippen LogP contribution in [0.2, 0.25) is 5.02 Å². The second-order valence-electron chi connectivity index (χ2n) is 3.80. The largest absolute Gasteiger partial charge is 0.374 e. The first-order valence-corrected chi connectivity index (χ1v) is 5.59. The Labute approximate surface area is 98.7 Å². The fourth-order valence-corrected chi connectivity index (χ4v) is 1.97. The van der Waals surface area contributed by atoms with Gasteiger partial charge >= 0.3 is 0 Å². The molecular weight excluding hydrogens is 231 g/mol. The van der Waals surface area contributed by atoms with E-state index in [0.717, 1.165) is 6.54 Å². The first-order valence-electron chi connectivity index (χ1n) is 5.21. The standard InChI is InChI=1S/C11H14ClFN2O/c12-7-1-2-9(13)8(5-7)11(14)10-6-15-3-4-16-10/h1-2,5,10-11,15H,3-4,6,14H2. The second-order valence-corrected chi connectivity index (χ2v) is 4.24. The summed E-state index contributed by atoms with van der Waals surface area (Å²) in [5.41, 5.74) is 6.38. The van der Waals surface area contributed by atoms with Crippen molar-refractivity contribution >= 4 is 11.6 Å². The average molecular weight is 245 g/mol. The fraction of sp³-hybridized carbons (Fsp3) is 0.455. The van der Waals surface area contributed by atoms with Crippen LogP contribution in [0.1, 0.15) is 11.6 Å². The maximum absolute atomic E-state index is 13.6. The normalized spacial score (nSPS) is 23.1. The second kappa shape index (κ2) is 5.10. The molecule has 1 aromatic rings. The molecule has 1 aromatic carbocycles. The topological polar surface area (TPSA) is 47.3 Å². The number of nitrogens with two attached hydrogens (primary N) is 1. The molecule has 5 heteroatoms. The van der Waals surface area contributed by atoms with Gasteiger partial charge in [-0.15, -0.1) is 0 Å². The van der Waals surface area contributed by atoms with E-state index in [1.54, 1.807) is 6.07 Å². The molecule has 0 amide bonds. The Kier molecular flexibility index (Phi) is 3.76. The van der Waals surface area contributed by atoms with Crippen LogP contribution < -0.4 is 11.1 Å². The monoisotopic (exact) mass is 244 g/mol. The molecule has 3 N–H and O–H groups in total. The number of benzene rings is 1. The molecule has 88 valence electrons. The fourth-order valence-electron chi connectivity index (χ4n) is 1.79. The molecule has 0 spiro atoms. The minimum absolute atomic E-state index is 0.207. The molecule has 0 bridgehead atoms. The highest BCUT2D eigenvalue weighted by atomic mass is 35.5. The number of halogens is 2. The lowest BCUT2D eigenvalue weighted by Gasteiger charge is -2.29. The lowest BCUT2D eigenvalue weighted by atomic mass is 10.0. The first kappa shape index (κ1) is 11.8. The summed E-state index contributed by atoms with van der Waals surface area (Å²) in [4.78, 5) is 0. The summed E-state index contributed by atoms with van der Waals surface area (Å²) in [5.74, 6) is -0.342. The van der Waals surface area contributed by atoms with Crippen molar-refractivity contribution in [3.8, 4) is 0 Å². The van der Waals surface area contributed by atoms with E-state index < -0.39 is 6.04 Å². The van der Waals surface area contributed by atoms with Gasteiger partial charge < -0.3 is 15.8 Å². The Hall–Kier alpha value is -0.680. The summed E-state index contributed by atoms with van der Waals surface area (Å²) < 4.78 is 19.1. The summed E-state index contributed by atoms with van der Waals surface area (Å²) in [6.45, 7) is 2.04. The zero-order valence-electron chi connectivity index (χ0n) is 8.75. The summed E-state index contributed by atoms with van der Waals surface area (Å²) in [5, 5.41) is 3.64. The highest BCUT2D eigenvalue weighted by molar-refractivity contribution is 6.30. The van der Waals surface area contributed by atoms with Crippen LogP contribution in [0.15, 0.2) is 18.2 Å². The quantitative estimate of drug-likeness (QED) is 0.828. The molecule has 0 aromatic heterocycles. The van der Waals surface area contributed by atoms with Gasteiger partial charge in [-0.25, -0.2) is 4.39 Å². The predicted molar refractivity (Wildman–Crippen MR) is 60.9 cm³/mol. The molecule has 2 unspecified atom stereocenters. The van der Waals surface area contributed by atoms with Crippen LogP contribution in [-0.2, 0) is 4.74 Å². The van der Waals surface area contributed by atoms with Gasteiger partial charge in [0.25, 0.3) is 0 Å². The summed E-state index contributed by atoms with van der Waals surface area (Å²) in [6.07, 6.45) is -0.207. The van der Waals surface area contributed by atoms with Crippen LogP contribution in [0.5, 0.6) is 0 Å². The molecule has 0 saturated carbocycles. The Balaban J connectivity index is 2.18. The third kappa shape index (κ3) is 2.52. The average Bonchev–Trinajstić information content (AvgIpc) is 2.32. The molecular formula is C11H14ClFN2O. The van der Waals surface area contributed by atoms with Gasteiger partial charge in [-0.05, 0) is 18.2 Å². The van der Waals surface area contributed by atoms with E-state index in [0.29, 0.717) is 23.7 Å². The van der Waals surface area contributed by atoms with Gasteiger partial charge in [-0.3, -0.25) is 0 Å². The summed E-state index contributed by atoms with van der Waals surface area (Å²) in [7, 11) is 0. The van der Waals surface area contributed by atoms with Crippen LogP contribution >= 0.6 is 11.6 Å². The van der Waals surface area contributed by atoms with E-state index in [1.165, 1.54) is 12.1 Å². The zero-order valence-corrected chi connectivity index (χ0v) is 9.51. The lowest BCUT2D eigenvalue weighted by Crippen LogP contribution is -2.44. The molecule has 0 radical (unpaired) electrons. The van der Waals surface area contributed by atoms with Crippen molar-refractivity contribution in [2.45, 2.75) is 12.1 Å². The molecule has 1 saturated heterocycles. The molecule has 16 heavy (non-hydrogen) atoms. The predicted octanol–water partition coefficient (Wildman–Crippen LogP) is 1.47. The van der Waals surface area contributed by atoms with Crippen LogP contribution in [-0.4, -0.2) is 25.8 Å². The van der Waals surface area contributed by atoms with Crippen molar-refractivity contribution in [1.82, 2.24) is 5.32 Å². The molecule has 2 rings (SSSR count).